The zero-order chi connectivity index (χ0) is 13.7. The molecule has 0 aliphatic heterocycles. The third-order valence-corrected chi connectivity index (χ3v) is 2.84. The number of aliphatic carboxylic acids is 1. The molecule has 0 unspecified atom stereocenters. The Morgan fingerprint density at radius 1 is 1.50 bits per heavy atom. The van der Waals surface area contributed by atoms with Crippen molar-refractivity contribution in [1.82, 2.24) is 0 Å². The van der Waals surface area contributed by atoms with E-state index >= 15 is 0 Å². The van der Waals surface area contributed by atoms with Crippen LogP contribution in [0, 0.1) is 6.92 Å². The molecule has 0 aliphatic rings. The van der Waals surface area contributed by atoms with Crippen LogP contribution in [0.3, 0.4) is 0 Å². The van der Waals surface area contributed by atoms with Crippen molar-refractivity contribution in [2.45, 2.75) is 33.1 Å². The van der Waals surface area contributed by atoms with Gasteiger partial charge in [0.1, 0.15) is 5.75 Å². The molecule has 0 saturated heterocycles. The summed E-state index contributed by atoms with van der Waals surface area (Å²) in [7, 11) is 0. The second-order valence-corrected chi connectivity index (χ2v) is 4.61. The number of carboxylic acid groups (broad SMARTS) is 1. The summed E-state index contributed by atoms with van der Waals surface area (Å²) in [4.78, 5) is 10.7. The smallest absolute Gasteiger partial charge is 0.341 e. The van der Waals surface area contributed by atoms with Crippen LogP contribution in [0.25, 0.3) is 0 Å². The third-order valence-electron chi connectivity index (χ3n) is 2.84. The predicted octanol–water partition coefficient (Wildman–Crippen LogP) is 3.31. The van der Waals surface area contributed by atoms with Gasteiger partial charge >= 0.3 is 5.97 Å². The van der Waals surface area contributed by atoms with Crippen molar-refractivity contribution in [3.63, 3.8) is 0 Å². The highest BCUT2D eigenvalue weighted by atomic mass is 16.5. The number of allylic oxidation sites excluding steroid dienone is 1. The molecule has 3 heteroatoms. The van der Waals surface area contributed by atoms with Gasteiger partial charge in [0.2, 0.25) is 0 Å². The van der Waals surface area contributed by atoms with Crippen molar-refractivity contribution >= 4 is 5.97 Å². The fourth-order valence-electron chi connectivity index (χ4n) is 1.90. The van der Waals surface area contributed by atoms with Crippen LogP contribution in [0.4, 0.5) is 0 Å². The number of ether oxygens (including phenoxy) is 1. The van der Waals surface area contributed by atoms with E-state index in [9.17, 15) is 4.79 Å². The number of carbonyl (C=O) groups is 1. The highest BCUT2D eigenvalue weighted by Gasteiger charge is 2.15. The lowest BCUT2D eigenvalue weighted by molar-refractivity contribution is -0.139. The molecule has 1 aromatic carbocycles. The van der Waals surface area contributed by atoms with Gasteiger partial charge in [-0.2, -0.15) is 0 Å². The van der Waals surface area contributed by atoms with Gasteiger partial charge in [-0.3, -0.25) is 0 Å². The molecule has 1 aromatic rings. The van der Waals surface area contributed by atoms with Crippen molar-refractivity contribution in [1.29, 1.82) is 0 Å². The highest BCUT2D eigenvalue weighted by molar-refractivity contribution is 5.68. The maximum atomic E-state index is 10.7. The van der Waals surface area contributed by atoms with Crippen LogP contribution in [0.2, 0.25) is 0 Å². The number of carboxylic acids is 1. The molecule has 0 aliphatic carbocycles. The van der Waals surface area contributed by atoms with Crippen LogP contribution in [0.15, 0.2) is 24.8 Å². The molecule has 0 aromatic heterocycles. The van der Waals surface area contributed by atoms with E-state index in [4.69, 9.17) is 9.84 Å². The first-order chi connectivity index (χ1) is 8.47. The third kappa shape index (κ3) is 3.36. The van der Waals surface area contributed by atoms with Gasteiger partial charge in [-0.15, -0.1) is 6.58 Å². The molecule has 0 atom stereocenters. The molecule has 1 N–H and O–H groups in total. The first kappa shape index (κ1) is 14.3. The normalized spacial score (nSPS) is 10.4. The Hall–Kier alpha value is -1.77. The Balaban J connectivity index is 3.23. The molecule has 0 amide bonds. The van der Waals surface area contributed by atoms with E-state index in [1.807, 2.05) is 19.1 Å². The van der Waals surface area contributed by atoms with Gasteiger partial charge < -0.3 is 9.84 Å². The Labute approximate surface area is 108 Å². The minimum atomic E-state index is -0.962. The monoisotopic (exact) mass is 248 g/mol. The van der Waals surface area contributed by atoms with Crippen molar-refractivity contribution in [2.75, 3.05) is 6.61 Å². The second kappa shape index (κ2) is 6.24. The standard InChI is InChI=1S/C15H20O3/c1-5-6-13-11(4)7-8-12(10(2)3)15(13)18-9-14(16)17/h5,7-8,10H,1,6,9H2,2-4H3,(H,16,17). The Morgan fingerprint density at radius 2 is 2.17 bits per heavy atom. The van der Waals surface area contributed by atoms with Crippen molar-refractivity contribution in [3.8, 4) is 5.75 Å². The van der Waals surface area contributed by atoms with E-state index in [0.717, 1.165) is 16.7 Å². The van der Waals surface area contributed by atoms with Gasteiger partial charge in [0.05, 0.1) is 0 Å². The van der Waals surface area contributed by atoms with Crippen LogP contribution in [0.1, 0.15) is 36.5 Å². The summed E-state index contributed by atoms with van der Waals surface area (Å²) in [5.74, 6) is 0.0287. The SMILES string of the molecule is C=CCc1c(C)ccc(C(C)C)c1OCC(=O)O. The quantitative estimate of drug-likeness (QED) is 0.786. The van der Waals surface area contributed by atoms with Crippen molar-refractivity contribution < 1.29 is 14.6 Å². The molecule has 98 valence electrons. The zero-order valence-corrected chi connectivity index (χ0v) is 11.2. The first-order valence-electron chi connectivity index (χ1n) is 6.05. The number of rotatable bonds is 6. The van der Waals surface area contributed by atoms with Crippen LogP contribution in [-0.2, 0) is 11.2 Å². The van der Waals surface area contributed by atoms with Crippen molar-refractivity contribution in [2.24, 2.45) is 0 Å². The maximum Gasteiger partial charge on any atom is 0.341 e. The molecule has 1 rings (SSSR count). The predicted molar refractivity (Wildman–Crippen MR) is 72.3 cm³/mol. The highest BCUT2D eigenvalue weighted by Crippen LogP contribution is 2.33. The molecule has 0 radical (unpaired) electrons. The molecule has 3 nitrogen and oxygen atoms in total. The van der Waals surface area contributed by atoms with Gasteiger partial charge in [-0.25, -0.2) is 4.79 Å². The summed E-state index contributed by atoms with van der Waals surface area (Å²) >= 11 is 0. The molecular weight excluding hydrogens is 228 g/mol. The summed E-state index contributed by atoms with van der Waals surface area (Å²) in [5, 5.41) is 8.75. The van der Waals surface area contributed by atoms with Crippen LogP contribution >= 0.6 is 0 Å². The summed E-state index contributed by atoms with van der Waals surface area (Å²) in [6.07, 6.45) is 2.49. The van der Waals surface area contributed by atoms with E-state index in [0.29, 0.717) is 12.2 Å². The van der Waals surface area contributed by atoms with Gasteiger partial charge in [0.25, 0.3) is 0 Å². The molecule has 0 saturated carbocycles. The lowest BCUT2D eigenvalue weighted by Crippen LogP contribution is -2.13. The largest absolute Gasteiger partial charge is 0.481 e. The van der Waals surface area contributed by atoms with E-state index in [1.165, 1.54) is 0 Å². The minimum absolute atomic E-state index is 0.290. The van der Waals surface area contributed by atoms with Crippen LogP contribution in [0.5, 0.6) is 5.75 Å². The summed E-state index contributed by atoms with van der Waals surface area (Å²) < 4.78 is 5.48. The first-order valence-corrected chi connectivity index (χ1v) is 6.05. The van der Waals surface area contributed by atoms with E-state index in [-0.39, 0.29) is 12.5 Å². The average Bonchev–Trinajstić information content (AvgIpc) is 2.29. The molecule has 18 heavy (non-hydrogen) atoms. The Morgan fingerprint density at radius 3 is 2.67 bits per heavy atom. The maximum absolute atomic E-state index is 10.7. The Kier molecular flexibility index (Phi) is 4.95. The van der Waals surface area contributed by atoms with Gasteiger partial charge in [-0.05, 0) is 30.4 Å². The van der Waals surface area contributed by atoms with Crippen LogP contribution < -0.4 is 4.74 Å². The zero-order valence-electron chi connectivity index (χ0n) is 11.2. The average molecular weight is 248 g/mol. The topological polar surface area (TPSA) is 46.5 Å². The number of hydrogen-bond acceptors (Lipinski definition) is 2. The Bertz CT molecular complexity index is 447. The van der Waals surface area contributed by atoms with E-state index in [2.05, 4.69) is 20.4 Å². The summed E-state index contributed by atoms with van der Waals surface area (Å²) in [6.45, 7) is 9.55. The molecule has 0 heterocycles. The number of aryl methyl sites for hydroxylation is 1. The van der Waals surface area contributed by atoms with Gasteiger partial charge in [-0.1, -0.05) is 32.1 Å². The molecule has 0 bridgehead atoms. The van der Waals surface area contributed by atoms with Gasteiger partial charge in [0.15, 0.2) is 6.61 Å². The summed E-state index contributed by atoms with van der Waals surface area (Å²) in [6, 6.07) is 4.05. The van der Waals surface area contributed by atoms with Crippen LogP contribution in [-0.4, -0.2) is 17.7 Å². The lowest BCUT2D eigenvalue weighted by Gasteiger charge is -2.18. The van der Waals surface area contributed by atoms with Gasteiger partial charge in [0, 0.05) is 5.56 Å². The van der Waals surface area contributed by atoms with E-state index < -0.39 is 5.97 Å². The van der Waals surface area contributed by atoms with Crippen molar-refractivity contribution in [3.05, 3.63) is 41.5 Å². The second-order valence-electron chi connectivity index (χ2n) is 4.61. The molecular formula is C15H20O3. The summed E-state index contributed by atoms with van der Waals surface area (Å²) in [5.41, 5.74) is 3.16. The molecule has 0 fully saturated rings. The minimum Gasteiger partial charge on any atom is -0.481 e. The lowest BCUT2D eigenvalue weighted by atomic mass is 9.94. The van der Waals surface area contributed by atoms with E-state index in [1.54, 1.807) is 6.08 Å². The fraction of sp³-hybridized carbons (Fsp3) is 0.400. The number of benzene rings is 1. The number of hydrogen-bond donors (Lipinski definition) is 1. The fourth-order valence-corrected chi connectivity index (χ4v) is 1.90. The molecule has 0 spiro atoms.